The van der Waals surface area contributed by atoms with Crippen molar-refractivity contribution in [2.24, 2.45) is 0 Å². The Morgan fingerprint density at radius 1 is 1.50 bits per heavy atom. The molecule has 0 saturated heterocycles. The molecule has 0 bridgehead atoms. The highest BCUT2D eigenvalue weighted by molar-refractivity contribution is 5.92. The van der Waals surface area contributed by atoms with Crippen LogP contribution in [0.5, 0.6) is 0 Å². The van der Waals surface area contributed by atoms with Gasteiger partial charge in [-0.1, -0.05) is 0 Å². The summed E-state index contributed by atoms with van der Waals surface area (Å²) in [6.07, 6.45) is 3.66. The number of anilines is 2. The lowest BCUT2D eigenvalue weighted by atomic mass is 9.91. The van der Waals surface area contributed by atoms with E-state index in [0.29, 0.717) is 23.9 Å². The third kappa shape index (κ3) is 2.42. The van der Waals surface area contributed by atoms with Gasteiger partial charge in [-0.3, -0.25) is 0 Å². The monoisotopic (exact) mass is 248 g/mol. The first-order valence-corrected chi connectivity index (χ1v) is 6.43. The van der Waals surface area contributed by atoms with E-state index in [-0.39, 0.29) is 5.97 Å². The first kappa shape index (κ1) is 12.7. The molecular weight excluding hydrogens is 228 g/mol. The van der Waals surface area contributed by atoms with Crippen LogP contribution in [0.3, 0.4) is 0 Å². The smallest absolute Gasteiger partial charge is 0.338 e. The van der Waals surface area contributed by atoms with E-state index < -0.39 is 0 Å². The number of benzene rings is 1. The Bertz CT molecular complexity index is 441. The molecule has 1 aliphatic carbocycles. The van der Waals surface area contributed by atoms with Crippen LogP contribution in [0.1, 0.15) is 36.5 Å². The van der Waals surface area contributed by atoms with Crippen LogP contribution < -0.4 is 10.6 Å². The molecule has 0 atom stereocenters. The number of hydrogen-bond donors (Lipinski definition) is 1. The molecule has 0 aliphatic heterocycles. The van der Waals surface area contributed by atoms with Gasteiger partial charge in [0.15, 0.2) is 0 Å². The second kappa shape index (κ2) is 5.29. The van der Waals surface area contributed by atoms with Crippen molar-refractivity contribution in [2.75, 3.05) is 24.3 Å². The molecule has 4 heteroatoms. The quantitative estimate of drug-likeness (QED) is 0.657. The summed E-state index contributed by atoms with van der Waals surface area (Å²) in [5.74, 6) is -0.291. The summed E-state index contributed by atoms with van der Waals surface area (Å²) < 4.78 is 5.01. The molecular formula is C14H20N2O2. The number of nitrogens with two attached hydrogens (primary N) is 1. The molecule has 0 amide bonds. The minimum Gasteiger partial charge on any atom is -0.462 e. The summed E-state index contributed by atoms with van der Waals surface area (Å²) in [5, 5.41) is 0. The molecule has 4 nitrogen and oxygen atoms in total. The summed E-state index contributed by atoms with van der Waals surface area (Å²) in [6, 6.07) is 5.86. The minimum atomic E-state index is -0.291. The molecule has 0 aromatic heterocycles. The maximum Gasteiger partial charge on any atom is 0.338 e. The number of carbonyl (C=O) groups is 1. The summed E-state index contributed by atoms with van der Waals surface area (Å²) in [6.45, 7) is 2.19. The molecule has 2 N–H and O–H groups in total. The molecule has 98 valence electrons. The van der Waals surface area contributed by atoms with Gasteiger partial charge in [0.05, 0.1) is 23.5 Å². The van der Waals surface area contributed by atoms with E-state index in [1.165, 1.54) is 19.3 Å². The highest BCUT2D eigenvalue weighted by atomic mass is 16.5. The largest absolute Gasteiger partial charge is 0.462 e. The molecule has 1 aromatic rings. The second-order valence-corrected chi connectivity index (χ2v) is 4.69. The fourth-order valence-electron chi connectivity index (χ4n) is 2.16. The van der Waals surface area contributed by atoms with Gasteiger partial charge in [0.25, 0.3) is 0 Å². The van der Waals surface area contributed by atoms with Gasteiger partial charge >= 0.3 is 5.97 Å². The molecule has 0 spiro atoms. The average molecular weight is 248 g/mol. The standard InChI is InChI=1S/C14H20N2O2/c1-3-18-14(17)10-7-8-12(15)13(9-10)16(2)11-5-4-6-11/h7-9,11H,3-6,15H2,1-2H3. The van der Waals surface area contributed by atoms with Crippen molar-refractivity contribution in [3.8, 4) is 0 Å². The third-order valence-electron chi connectivity index (χ3n) is 3.54. The Balaban J connectivity index is 2.23. The van der Waals surface area contributed by atoms with E-state index in [2.05, 4.69) is 4.90 Å². The topological polar surface area (TPSA) is 55.6 Å². The van der Waals surface area contributed by atoms with Crippen molar-refractivity contribution in [1.82, 2.24) is 0 Å². The third-order valence-corrected chi connectivity index (χ3v) is 3.54. The van der Waals surface area contributed by atoms with Crippen LogP contribution >= 0.6 is 0 Å². The molecule has 0 radical (unpaired) electrons. The van der Waals surface area contributed by atoms with Crippen LogP contribution in [-0.2, 0) is 4.74 Å². The Labute approximate surface area is 108 Å². The van der Waals surface area contributed by atoms with Gasteiger partial charge < -0.3 is 15.4 Å². The van der Waals surface area contributed by atoms with Crippen LogP contribution in [0.4, 0.5) is 11.4 Å². The predicted octanol–water partition coefficient (Wildman–Crippen LogP) is 2.43. The predicted molar refractivity (Wildman–Crippen MR) is 72.9 cm³/mol. The van der Waals surface area contributed by atoms with Crippen molar-refractivity contribution in [1.29, 1.82) is 0 Å². The second-order valence-electron chi connectivity index (χ2n) is 4.69. The molecule has 1 aliphatic rings. The number of rotatable bonds is 4. The lowest BCUT2D eigenvalue weighted by molar-refractivity contribution is 0.0526. The first-order valence-electron chi connectivity index (χ1n) is 6.43. The molecule has 1 aromatic carbocycles. The van der Waals surface area contributed by atoms with Gasteiger partial charge in [-0.05, 0) is 44.4 Å². The fraction of sp³-hybridized carbons (Fsp3) is 0.500. The van der Waals surface area contributed by atoms with Crippen molar-refractivity contribution in [3.63, 3.8) is 0 Å². The zero-order valence-electron chi connectivity index (χ0n) is 11.0. The van der Waals surface area contributed by atoms with Crippen molar-refractivity contribution in [2.45, 2.75) is 32.2 Å². The van der Waals surface area contributed by atoms with E-state index in [1.54, 1.807) is 19.1 Å². The van der Waals surface area contributed by atoms with Gasteiger partial charge in [-0.2, -0.15) is 0 Å². The number of carbonyl (C=O) groups excluding carboxylic acids is 1. The maximum absolute atomic E-state index is 11.7. The summed E-state index contributed by atoms with van der Waals surface area (Å²) in [7, 11) is 2.03. The van der Waals surface area contributed by atoms with Crippen molar-refractivity contribution < 1.29 is 9.53 Å². The highest BCUT2D eigenvalue weighted by Gasteiger charge is 2.24. The maximum atomic E-state index is 11.7. The fourth-order valence-corrected chi connectivity index (χ4v) is 2.16. The Morgan fingerprint density at radius 3 is 2.78 bits per heavy atom. The van der Waals surface area contributed by atoms with Gasteiger partial charge in [0.2, 0.25) is 0 Å². The lowest BCUT2D eigenvalue weighted by Gasteiger charge is -2.37. The highest BCUT2D eigenvalue weighted by Crippen LogP contribution is 2.32. The van der Waals surface area contributed by atoms with Crippen LogP contribution in [0, 0.1) is 0 Å². The lowest BCUT2D eigenvalue weighted by Crippen LogP contribution is -2.37. The summed E-state index contributed by atoms with van der Waals surface area (Å²) >= 11 is 0. The van der Waals surface area contributed by atoms with Crippen LogP contribution in [-0.4, -0.2) is 25.7 Å². The van der Waals surface area contributed by atoms with Crippen LogP contribution in [0.15, 0.2) is 18.2 Å². The summed E-state index contributed by atoms with van der Waals surface area (Å²) in [4.78, 5) is 13.9. The number of ether oxygens (including phenoxy) is 1. The average Bonchev–Trinajstić information content (AvgIpc) is 2.27. The van der Waals surface area contributed by atoms with Gasteiger partial charge in [-0.15, -0.1) is 0 Å². The number of nitrogens with zero attached hydrogens (tertiary/aromatic N) is 1. The van der Waals surface area contributed by atoms with Gasteiger partial charge in [0, 0.05) is 13.1 Å². The zero-order valence-corrected chi connectivity index (χ0v) is 11.0. The van der Waals surface area contributed by atoms with E-state index >= 15 is 0 Å². The molecule has 0 unspecified atom stereocenters. The van der Waals surface area contributed by atoms with E-state index in [0.717, 1.165) is 5.69 Å². The van der Waals surface area contributed by atoms with Gasteiger partial charge in [-0.25, -0.2) is 4.79 Å². The SMILES string of the molecule is CCOC(=O)c1ccc(N)c(N(C)C2CCC2)c1. The van der Waals surface area contributed by atoms with Crippen LogP contribution in [0.25, 0.3) is 0 Å². The minimum absolute atomic E-state index is 0.291. The normalized spacial score (nSPS) is 15.0. The molecule has 1 fully saturated rings. The van der Waals surface area contributed by atoms with E-state index in [1.807, 2.05) is 13.1 Å². The Morgan fingerprint density at radius 2 is 2.22 bits per heavy atom. The van der Waals surface area contributed by atoms with E-state index in [4.69, 9.17) is 10.5 Å². The Kier molecular flexibility index (Phi) is 3.75. The van der Waals surface area contributed by atoms with Gasteiger partial charge in [0.1, 0.15) is 0 Å². The number of hydrogen-bond acceptors (Lipinski definition) is 4. The van der Waals surface area contributed by atoms with E-state index in [9.17, 15) is 4.79 Å². The number of nitrogen functional groups attached to an aromatic ring is 1. The number of esters is 1. The first-order chi connectivity index (χ1) is 8.63. The van der Waals surface area contributed by atoms with Crippen LogP contribution in [0.2, 0.25) is 0 Å². The summed E-state index contributed by atoms with van der Waals surface area (Å²) in [5.41, 5.74) is 8.18. The zero-order chi connectivity index (χ0) is 13.1. The molecule has 18 heavy (non-hydrogen) atoms. The van der Waals surface area contributed by atoms with Crippen molar-refractivity contribution in [3.05, 3.63) is 23.8 Å². The molecule has 0 heterocycles. The Hall–Kier alpha value is -1.71. The molecule has 1 saturated carbocycles. The molecule has 2 rings (SSSR count). The van der Waals surface area contributed by atoms with Crippen molar-refractivity contribution >= 4 is 17.3 Å².